The van der Waals surface area contributed by atoms with Crippen molar-refractivity contribution in [2.45, 2.75) is 222 Å². The van der Waals surface area contributed by atoms with Crippen molar-refractivity contribution in [3.8, 4) is 22.6 Å². The second-order valence-corrected chi connectivity index (χ2v) is 19.7. The van der Waals surface area contributed by atoms with Gasteiger partial charge < -0.3 is 9.84 Å². The first-order valence-electron chi connectivity index (χ1n) is 22.2. The Morgan fingerprint density at radius 1 is 0.500 bits per heavy atom. The maximum atomic E-state index is 11.9. The fraction of sp³-hybridized carbons (Fsp3) is 0.760. The summed E-state index contributed by atoms with van der Waals surface area (Å²) in [5, 5.41) is 11.9. The van der Waals surface area contributed by atoms with E-state index in [1.807, 2.05) is 0 Å². The van der Waals surface area contributed by atoms with E-state index >= 15 is 0 Å². The van der Waals surface area contributed by atoms with E-state index in [-0.39, 0.29) is 10.8 Å². The lowest BCUT2D eigenvalue weighted by Gasteiger charge is -2.29. The molecule has 0 aliphatic rings. The SMILES string of the molecule is CC(C)CCCCCCCOc1c(-c2ccc(C(C)(C)C)cc2C(C)(C)C)cc(O)c(CCCCCCCC(C)C)c1CCCCCCCC(C)C. The van der Waals surface area contributed by atoms with Crippen LogP contribution < -0.4 is 4.74 Å². The maximum Gasteiger partial charge on any atom is 0.130 e. The summed E-state index contributed by atoms with van der Waals surface area (Å²) in [6.07, 6.45) is 24.8. The molecule has 0 aliphatic carbocycles. The zero-order chi connectivity index (χ0) is 38.7. The van der Waals surface area contributed by atoms with E-state index in [4.69, 9.17) is 4.74 Å². The molecule has 0 aromatic heterocycles. The van der Waals surface area contributed by atoms with Gasteiger partial charge in [0.2, 0.25) is 0 Å². The summed E-state index contributed by atoms with van der Waals surface area (Å²) in [4.78, 5) is 0. The van der Waals surface area contributed by atoms with Gasteiger partial charge in [-0.3, -0.25) is 0 Å². The molecule has 52 heavy (non-hydrogen) atoms. The number of ether oxygens (including phenoxy) is 1. The monoisotopic (exact) mass is 719 g/mol. The van der Waals surface area contributed by atoms with E-state index in [1.165, 1.54) is 119 Å². The Labute approximate surface area is 324 Å². The minimum absolute atomic E-state index is 0.0517. The van der Waals surface area contributed by atoms with Gasteiger partial charge in [0, 0.05) is 16.7 Å². The molecule has 0 amide bonds. The molecule has 0 unspecified atom stereocenters. The van der Waals surface area contributed by atoms with Crippen LogP contribution in [0, 0.1) is 17.8 Å². The van der Waals surface area contributed by atoms with Crippen LogP contribution in [0.25, 0.3) is 11.1 Å². The van der Waals surface area contributed by atoms with Crippen LogP contribution in [0.2, 0.25) is 0 Å². The van der Waals surface area contributed by atoms with Crippen molar-refractivity contribution in [2.75, 3.05) is 6.61 Å². The van der Waals surface area contributed by atoms with Crippen LogP contribution in [0.5, 0.6) is 11.5 Å². The Hall–Kier alpha value is -1.96. The van der Waals surface area contributed by atoms with Crippen LogP contribution in [0.4, 0.5) is 0 Å². The summed E-state index contributed by atoms with van der Waals surface area (Å²) < 4.78 is 7.02. The first-order chi connectivity index (χ1) is 24.5. The van der Waals surface area contributed by atoms with Gasteiger partial charge in [-0.05, 0) is 83.4 Å². The lowest BCUT2D eigenvalue weighted by atomic mass is 9.76. The molecule has 0 fully saturated rings. The summed E-state index contributed by atoms with van der Waals surface area (Å²) in [6, 6.07) is 9.15. The van der Waals surface area contributed by atoms with Crippen LogP contribution in [-0.2, 0) is 23.7 Å². The van der Waals surface area contributed by atoms with Gasteiger partial charge in [-0.15, -0.1) is 0 Å². The highest BCUT2D eigenvalue weighted by molar-refractivity contribution is 5.79. The van der Waals surface area contributed by atoms with Crippen molar-refractivity contribution in [1.82, 2.24) is 0 Å². The number of unbranched alkanes of at least 4 members (excludes halogenated alkanes) is 12. The predicted octanol–water partition coefficient (Wildman–Crippen LogP) is 16.1. The number of aromatic hydroxyl groups is 1. The van der Waals surface area contributed by atoms with Gasteiger partial charge in [-0.25, -0.2) is 0 Å². The molecule has 2 nitrogen and oxygen atoms in total. The van der Waals surface area contributed by atoms with Crippen LogP contribution in [0.3, 0.4) is 0 Å². The Balaban J connectivity index is 2.51. The third-order valence-electron chi connectivity index (χ3n) is 11.0. The highest BCUT2D eigenvalue weighted by Gasteiger charge is 2.27. The Bertz CT molecular complexity index is 1250. The maximum absolute atomic E-state index is 11.9. The van der Waals surface area contributed by atoms with Gasteiger partial charge >= 0.3 is 0 Å². The minimum atomic E-state index is -0.0517. The predicted molar refractivity (Wildman–Crippen MR) is 231 cm³/mol. The third kappa shape index (κ3) is 17.5. The van der Waals surface area contributed by atoms with E-state index < -0.39 is 0 Å². The number of phenolic OH excluding ortho intramolecular Hbond substituents is 1. The molecule has 2 rings (SSSR count). The Morgan fingerprint density at radius 2 is 0.942 bits per heavy atom. The summed E-state index contributed by atoms with van der Waals surface area (Å²) in [7, 11) is 0. The molecule has 2 aromatic rings. The summed E-state index contributed by atoms with van der Waals surface area (Å²) in [6.45, 7) is 28.6. The molecule has 0 bridgehead atoms. The highest BCUT2D eigenvalue weighted by Crippen LogP contribution is 2.46. The number of benzene rings is 2. The first kappa shape index (κ1) is 46.2. The van der Waals surface area contributed by atoms with E-state index in [0.717, 1.165) is 73.3 Å². The Kier molecular flexibility index (Phi) is 21.1. The van der Waals surface area contributed by atoms with E-state index in [9.17, 15) is 5.11 Å². The van der Waals surface area contributed by atoms with Crippen LogP contribution in [0.15, 0.2) is 24.3 Å². The van der Waals surface area contributed by atoms with Crippen LogP contribution >= 0.6 is 0 Å². The van der Waals surface area contributed by atoms with E-state index in [0.29, 0.717) is 5.75 Å². The lowest BCUT2D eigenvalue weighted by Crippen LogP contribution is -2.17. The lowest BCUT2D eigenvalue weighted by molar-refractivity contribution is 0.300. The molecule has 298 valence electrons. The molecular formula is C50H86O2. The molecule has 0 heterocycles. The van der Waals surface area contributed by atoms with Gasteiger partial charge in [0.25, 0.3) is 0 Å². The van der Waals surface area contributed by atoms with Gasteiger partial charge in [0.1, 0.15) is 11.5 Å². The molecule has 0 aliphatic heterocycles. The van der Waals surface area contributed by atoms with Crippen molar-refractivity contribution < 1.29 is 9.84 Å². The first-order valence-corrected chi connectivity index (χ1v) is 22.2. The minimum Gasteiger partial charge on any atom is -0.508 e. The molecule has 1 N–H and O–H groups in total. The van der Waals surface area contributed by atoms with E-state index in [1.54, 1.807) is 0 Å². The Morgan fingerprint density at radius 3 is 1.40 bits per heavy atom. The fourth-order valence-corrected chi connectivity index (χ4v) is 7.65. The molecule has 0 radical (unpaired) electrons. The normalized spacial score (nSPS) is 12.5. The number of phenols is 1. The summed E-state index contributed by atoms with van der Waals surface area (Å²) in [5.74, 6) is 3.90. The van der Waals surface area contributed by atoms with Crippen molar-refractivity contribution in [3.63, 3.8) is 0 Å². The molecule has 0 saturated heterocycles. The second kappa shape index (κ2) is 23.7. The second-order valence-electron chi connectivity index (χ2n) is 19.7. The third-order valence-corrected chi connectivity index (χ3v) is 11.0. The molecular weight excluding hydrogens is 633 g/mol. The van der Waals surface area contributed by atoms with Gasteiger partial charge in [0.15, 0.2) is 0 Å². The van der Waals surface area contributed by atoms with Crippen molar-refractivity contribution in [1.29, 1.82) is 0 Å². The van der Waals surface area contributed by atoms with Gasteiger partial charge in [-0.1, -0.05) is 198 Å². The van der Waals surface area contributed by atoms with Crippen LogP contribution in [0.1, 0.15) is 221 Å². The number of hydrogen-bond donors (Lipinski definition) is 1. The van der Waals surface area contributed by atoms with Gasteiger partial charge in [0.05, 0.1) is 6.61 Å². The largest absolute Gasteiger partial charge is 0.508 e. The van der Waals surface area contributed by atoms with Crippen molar-refractivity contribution >= 4 is 0 Å². The molecule has 0 saturated carbocycles. The zero-order valence-electron chi connectivity index (χ0n) is 36.7. The molecule has 2 aromatic carbocycles. The summed E-state index contributed by atoms with van der Waals surface area (Å²) >= 11 is 0. The van der Waals surface area contributed by atoms with Gasteiger partial charge in [-0.2, -0.15) is 0 Å². The average Bonchev–Trinajstić information content (AvgIpc) is 3.04. The fourth-order valence-electron chi connectivity index (χ4n) is 7.65. The zero-order valence-corrected chi connectivity index (χ0v) is 36.7. The average molecular weight is 719 g/mol. The van der Waals surface area contributed by atoms with Crippen molar-refractivity contribution in [2.24, 2.45) is 17.8 Å². The molecule has 0 spiro atoms. The van der Waals surface area contributed by atoms with Crippen molar-refractivity contribution in [3.05, 3.63) is 46.5 Å². The quantitative estimate of drug-likeness (QED) is 0.0981. The number of hydrogen-bond acceptors (Lipinski definition) is 2. The molecule has 2 heteroatoms. The summed E-state index contributed by atoms with van der Waals surface area (Å²) in [5.41, 5.74) is 7.44. The number of rotatable bonds is 26. The van der Waals surface area contributed by atoms with E-state index in [2.05, 4.69) is 107 Å². The topological polar surface area (TPSA) is 29.5 Å². The highest BCUT2D eigenvalue weighted by atomic mass is 16.5. The standard InChI is InChI=1S/C50H86O2/c1-38(2)28-22-16-13-19-25-31-43-44(32-26-20-14-17-23-29-39(3)4)48(52-35-27-21-15-18-24-30-40(5)6)45(37-47(43)51)42-34-33-41(49(7,8)9)36-46(42)50(10,11)12/h33-34,36-40,51H,13-32,35H2,1-12H3. The molecule has 0 atom stereocenters. The smallest absolute Gasteiger partial charge is 0.130 e. The van der Waals surface area contributed by atoms with Crippen LogP contribution in [-0.4, -0.2) is 11.7 Å².